The van der Waals surface area contributed by atoms with Gasteiger partial charge in [0.25, 0.3) is 0 Å². The van der Waals surface area contributed by atoms with E-state index in [9.17, 15) is 4.79 Å². The number of halogens is 1. The van der Waals surface area contributed by atoms with Crippen molar-refractivity contribution in [3.05, 3.63) is 0 Å². The quantitative estimate of drug-likeness (QED) is 0.774. The van der Waals surface area contributed by atoms with Crippen molar-refractivity contribution in [2.75, 3.05) is 31.5 Å². The number of amides is 1. The number of carbonyl (C=O) groups excluding carboxylic acids is 1. The number of carbonyl (C=O) groups is 1. The first-order chi connectivity index (χ1) is 7.26. The number of hydrogen-bond donors (Lipinski definition) is 1. The van der Waals surface area contributed by atoms with Crippen LogP contribution in [0.4, 0.5) is 0 Å². The highest BCUT2D eigenvalue weighted by Gasteiger charge is 2.18. The Hall–Kier alpha value is -0.0900. The Morgan fingerprint density at radius 1 is 1.47 bits per heavy atom. The number of rotatable bonds is 5. The molecule has 1 aliphatic heterocycles. The van der Waals surface area contributed by atoms with Gasteiger partial charge in [0, 0.05) is 18.3 Å². The van der Waals surface area contributed by atoms with E-state index in [1.807, 2.05) is 0 Å². The Balaban J connectivity index is 2.10. The van der Waals surface area contributed by atoms with Crippen molar-refractivity contribution < 1.29 is 4.79 Å². The van der Waals surface area contributed by atoms with E-state index in [0.717, 1.165) is 18.4 Å². The summed E-state index contributed by atoms with van der Waals surface area (Å²) in [5.41, 5.74) is 0. The molecule has 1 heterocycles. The number of alkyl halides is 1. The lowest BCUT2D eigenvalue weighted by atomic mass is 9.97. The average Bonchev–Trinajstić information content (AvgIpc) is 2.27. The van der Waals surface area contributed by atoms with Gasteiger partial charge in [-0.2, -0.15) is 0 Å². The summed E-state index contributed by atoms with van der Waals surface area (Å²) in [5.74, 6) is 0.858. The normalized spacial score (nSPS) is 19.1. The molecule has 1 amide bonds. The molecule has 88 valence electrons. The topological polar surface area (TPSA) is 32.3 Å². The molecule has 4 heteroatoms. The first-order valence-corrected chi connectivity index (χ1v) is 6.93. The van der Waals surface area contributed by atoms with E-state index in [2.05, 4.69) is 33.1 Å². The van der Waals surface area contributed by atoms with Crippen LogP contribution in [-0.4, -0.2) is 42.3 Å². The first-order valence-electron chi connectivity index (χ1n) is 5.81. The van der Waals surface area contributed by atoms with Gasteiger partial charge in [0.15, 0.2) is 0 Å². The van der Waals surface area contributed by atoms with E-state index in [4.69, 9.17) is 0 Å². The maximum Gasteiger partial charge on any atom is 0.220 e. The molecule has 1 N–H and O–H groups in total. The fourth-order valence-electron chi connectivity index (χ4n) is 1.94. The third-order valence-corrected chi connectivity index (χ3v) is 3.46. The van der Waals surface area contributed by atoms with Crippen LogP contribution in [0.5, 0.6) is 0 Å². The second kappa shape index (κ2) is 7.23. The third kappa shape index (κ3) is 4.98. The number of likely N-dealkylation sites (tertiary alicyclic amines) is 1. The highest BCUT2D eigenvalue weighted by atomic mass is 79.9. The number of hydrogen-bond acceptors (Lipinski definition) is 2. The van der Waals surface area contributed by atoms with Crippen molar-refractivity contribution in [3.63, 3.8) is 0 Å². The van der Waals surface area contributed by atoms with Crippen molar-refractivity contribution in [2.45, 2.75) is 26.2 Å². The molecule has 3 nitrogen and oxygen atoms in total. The van der Waals surface area contributed by atoms with Crippen LogP contribution in [0, 0.1) is 5.92 Å². The number of nitrogens with zero attached hydrogens (tertiary/aromatic N) is 1. The van der Waals surface area contributed by atoms with Crippen LogP contribution in [0.1, 0.15) is 26.2 Å². The van der Waals surface area contributed by atoms with E-state index < -0.39 is 0 Å². The second-order valence-electron chi connectivity index (χ2n) is 4.12. The maximum atomic E-state index is 11.3. The van der Waals surface area contributed by atoms with Gasteiger partial charge < -0.3 is 10.2 Å². The summed E-state index contributed by atoms with van der Waals surface area (Å²) in [5, 5.41) is 3.76. The lowest BCUT2D eigenvalue weighted by Gasteiger charge is -2.31. The summed E-state index contributed by atoms with van der Waals surface area (Å²) in [6.45, 7) is 6.61. The largest absolute Gasteiger partial charge is 0.356 e. The molecule has 15 heavy (non-hydrogen) atoms. The summed E-state index contributed by atoms with van der Waals surface area (Å²) in [4.78, 5) is 13.7. The number of piperidine rings is 1. The highest BCUT2D eigenvalue weighted by molar-refractivity contribution is 9.09. The van der Waals surface area contributed by atoms with Crippen LogP contribution in [0.25, 0.3) is 0 Å². The summed E-state index contributed by atoms with van der Waals surface area (Å²) in [6.07, 6.45) is 3.04. The highest BCUT2D eigenvalue weighted by Crippen LogP contribution is 2.15. The van der Waals surface area contributed by atoms with Crippen molar-refractivity contribution in [2.24, 2.45) is 5.92 Å². The Kier molecular flexibility index (Phi) is 6.25. The summed E-state index contributed by atoms with van der Waals surface area (Å²) in [6, 6.07) is 0. The van der Waals surface area contributed by atoms with Crippen molar-refractivity contribution in [3.8, 4) is 0 Å². The molecule has 1 fully saturated rings. The molecule has 0 bridgehead atoms. The molecule has 0 saturated carbocycles. The zero-order valence-corrected chi connectivity index (χ0v) is 11.1. The lowest BCUT2D eigenvalue weighted by molar-refractivity contribution is -0.120. The molecule has 1 rings (SSSR count). The van der Waals surface area contributed by atoms with Gasteiger partial charge in [-0.15, -0.1) is 0 Å². The first kappa shape index (κ1) is 13.0. The minimum absolute atomic E-state index is 0.171. The molecular formula is C11H21BrN2O. The third-order valence-electron chi connectivity index (χ3n) is 3.06. The number of nitrogens with one attached hydrogen (secondary N) is 1. The maximum absolute atomic E-state index is 11.3. The molecule has 1 aliphatic rings. The van der Waals surface area contributed by atoms with Gasteiger partial charge in [0.1, 0.15) is 0 Å². The summed E-state index contributed by atoms with van der Waals surface area (Å²) >= 11 is 3.27. The van der Waals surface area contributed by atoms with Gasteiger partial charge in [0.05, 0.1) is 0 Å². The SMILES string of the molecule is CCN1CCC(CNC(=O)CCBr)CC1. The Morgan fingerprint density at radius 3 is 2.67 bits per heavy atom. The molecule has 1 saturated heterocycles. The minimum atomic E-state index is 0.171. The van der Waals surface area contributed by atoms with Crippen molar-refractivity contribution in [1.29, 1.82) is 0 Å². The van der Waals surface area contributed by atoms with E-state index in [0.29, 0.717) is 12.3 Å². The Labute approximate surface area is 101 Å². The predicted molar refractivity (Wildman–Crippen MR) is 66.3 cm³/mol. The van der Waals surface area contributed by atoms with Gasteiger partial charge in [-0.05, 0) is 38.4 Å². The van der Waals surface area contributed by atoms with Crippen LogP contribution >= 0.6 is 15.9 Å². The molecule has 0 unspecified atom stereocenters. The van der Waals surface area contributed by atoms with Crippen molar-refractivity contribution >= 4 is 21.8 Å². The Bertz CT molecular complexity index is 191. The van der Waals surface area contributed by atoms with Crippen LogP contribution in [0.2, 0.25) is 0 Å². The molecule has 0 aromatic heterocycles. The van der Waals surface area contributed by atoms with Gasteiger partial charge in [-0.1, -0.05) is 22.9 Å². The molecule has 0 aromatic carbocycles. The van der Waals surface area contributed by atoms with Gasteiger partial charge >= 0.3 is 0 Å². The summed E-state index contributed by atoms with van der Waals surface area (Å²) in [7, 11) is 0. The monoisotopic (exact) mass is 276 g/mol. The van der Waals surface area contributed by atoms with Crippen LogP contribution in [0.15, 0.2) is 0 Å². The fourth-order valence-corrected chi connectivity index (χ4v) is 2.30. The minimum Gasteiger partial charge on any atom is -0.356 e. The molecular weight excluding hydrogens is 256 g/mol. The predicted octanol–water partition coefficient (Wildman–Crippen LogP) is 1.62. The fraction of sp³-hybridized carbons (Fsp3) is 0.909. The zero-order valence-electron chi connectivity index (χ0n) is 9.47. The summed E-state index contributed by atoms with van der Waals surface area (Å²) < 4.78 is 0. The molecule has 0 spiro atoms. The smallest absolute Gasteiger partial charge is 0.220 e. The van der Waals surface area contributed by atoms with Crippen LogP contribution in [-0.2, 0) is 4.79 Å². The Morgan fingerprint density at radius 2 is 2.13 bits per heavy atom. The van der Waals surface area contributed by atoms with Gasteiger partial charge in [-0.25, -0.2) is 0 Å². The van der Waals surface area contributed by atoms with Crippen molar-refractivity contribution in [1.82, 2.24) is 10.2 Å². The molecule has 0 aromatic rings. The van der Waals surface area contributed by atoms with E-state index >= 15 is 0 Å². The van der Waals surface area contributed by atoms with Crippen LogP contribution in [0.3, 0.4) is 0 Å². The molecule has 0 aliphatic carbocycles. The molecule has 0 radical (unpaired) electrons. The van der Waals surface area contributed by atoms with E-state index in [1.54, 1.807) is 0 Å². The standard InChI is InChI=1S/C11H21BrN2O/c1-2-14-7-4-10(5-8-14)9-13-11(15)3-6-12/h10H,2-9H2,1H3,(H,13,15). The second-order valence-corrected chi connectivity index (χ2v) is 4.91. The lowest BCUT2D eigenvalue weighted by Crippen LogP contribution is -2.38. The van der Waals surface area contributed by atoms with Gasteiger partial charge in [-0.3, -0.25) is 4.79 Å². The molecule has 0 atom stereocenters. The zero-order chi connectivity index (χ0) is 11.1. The van der Waals surface area contributed by atoms with E-state index in [-0.39, 0.29) is 5.91 Å². The van der Waals surface area contributed by atoms with E-state index in [1.165, 1.54) is 25.9 Å². The van der Waals surface area contributed by atoms with Gasteiger partial charge in [0.2, 0.25) is 5.91 Å². The average molecular weight is 277 g/mol. The van der Waals surface area contributed by atoms with Crippen LogP contribution < -0.4 is 5.32 Å².